The molecule has 2 aromatic heterocycles. The van der Waals surface area contributed by atoms with Crippen molar-refractivity contribution in [3.8, 4) is 10.8 Å². The Morgan fingerprint density at radius 2 is 2.16 bits per heavy atom. The van der Waals surface area contributed by atoms with E-state index in [0.29, 0.717) is 6.54 Å². The van der Waals surface area contributed by atoms with Gasteiger partial charge in [0, 0.05) is 6.92 Å². The summed E-state index contributed by atoms with van der Waals surface area (Å²) in [5.74, 6) is 1.39. The number of para-hydroxylation sites is 1. The average Bonchev–Trinajstić information content (AvgIpc) is 3.02. The minimum Gasteiger partial charge on any atom is -0.457 e. The molecule has 96 valence electrons. The van der Waals surface area contributed by atoms with Gasteiger partial charge in [-0.25, -0.2) is 4.98 Å². The first-order valence-electron chi connectivity index (χ1n) is 5.91. The Hall–Kier alpha value is -2.14. The third-order valence-corrected chi connectivity index (χ3v) is 3.73. The van der Waals surface area contributed by atoms with E-state index in [1.807, 2.05) is 36.4 Å². The lowest BCUT2D eigenvalue weighted by Crippen LogP contribution is -2.18. The van der Waals surface area contributed by atoms with Crippen LogP contribution in [-0.2, 0) is 11.3 Å². The third-order valence-electron chi connectivity index (χ3n) is 2.68. The molecule has 3 rings (SSSR count). The number of fused-ring (bicyclic) bond motifs is 1. The van der Waals surface area contributed by atoms with Gasteiger partial charge in [0.2, 0.25) is 5.91 Å². The summed E-state index contributed by atoms with van der Waals surface area (Å²) in [4.78, 5) is 15.4. The number of thiazole rings is 1. The van der Waals surface area contributed by atoms with E-state index in [9.17, 15) is 4.79 Å². The van der Waals surface area contributed by atoms with Crippen molar-refractivity contribution in [1.82, 2.24) is 10.3 Å². The van der Waals surface area contributed by atoms with Crippen LogP contribution >= 0.6 is 11.3 Å². The molecule has 0 bridgehead atoms. The molecular formula is C14H12N2O2S. The van der Waals surface area contributed by atoms with Gasteiger partial charge >= 0.3 is 0 Å². The molecule has 19 heavy (non-hydrogen) atoms. The van der Waals surface area contributed by atoms with Crippen LogP contribution in [0, 0.1) is 0 Å². The van der Waals surface area contributed by atoms with Crippen molar-refractivity contribution in [3.63, 3.8) is 0 Å². The normalized spacial score (nSPS) is 10.8. The molecule has 0 atom stereocenters. The summed E-state index contributed by atoms with van der Waals surface area (Å²) in [5, 5.41) is 3.56. The number of furan rings is 1. The zero-order valence-corrected chi connectivity index (χ0v) is 11.2. The number of carbonyl (C=O) groups excluding carboxylic acids is 1. The predicted octanol–water partition coefficient (Wildman–Crippen LogP) is 3.19. The van der Waals surface area contributed by atoms with E-state index in [0.717, 1.165) is 26.7 Å². The van der Waals surface area contributed by atoms with Gasteiger partial charge in [0.1, 0.15) is 5.76 Å². The summed E-state index contributed by atoms with van der Waals surface area (Å²) in [5.41, 5.74) is 0.974. The van der Waals surface area contributed by atoms with Crippen molar-refractivity contribution in [2.75, 3.05) is 0 Å². The fraction of sp³-hybridized carbons (Fsp3) is 0.143. The minimum absolute atomic E-state index is 0.0714. The smallest absolute Gasteiger partial charge is 0.217 e. The maximum Gasteiger partial charge on any atom is 0.217 e. The third kappa shape index (κ3) is 2.51. The van der Waals surface area contributed by atoms with Crippen LogP contribution in [0.4, 0.5) is 0 Å². The van der Waals surface area contributed by atoms with Gasteiger partial charge in [-0.2, -0.15) is 0 Å². The lowest BCUT2D eigenvalue weighted by atomic mass is 10.3. The maximum atomic E-state index is 10.8. The van der Waals surface area contributed by atoms with Gasteiger partial charge in [0.05, 0.1) is 16.8 Å². The number of rotatable bonds is 3. The molecule has 0 aliphatic rings. The van der Waals surface area contributed by atoms with Crippen molar-refractivity contribution in [2.24, 2.45) is 0 Å². The van der Waals surface area contributed by atoms with E-state index >= 15 is 0 Å². The van der Waals surface area contributed by atoms with E-state index in [4.69, 9.17) is 4.42 Å². The zero-order chi connectivity index (χ0) is 13.2. The highest BCUT2D eigenvalue weighted by Crippen LogP contribution is 2.30. The number of hydrogen-bond acceptors (Lipinski definition) is 4. The topological polar surface area (TPSA) is 55.1 Å². The highest BCUT2D eigenvalue weighted by molar-refractivity contribution is 7.21. The molecule has 0 aliphatic carbocycles. The molecule has 5 heteroatoms. The Balaban J connectivity index is 1.87. The molecule has 0 unspecified atom stereocenters. The van der Waals surface area contributed by atoms with Crippen LogP contribution in [0.1, 0.15) is 12.7 Å². The summed E-state index contributed by atoms with van der Waals surface area (Å²) in [7, 11) is 0. The number of benzene rings is 1. The highest BCUT2D eigenvalue weighted by atomic mass is 32.1. The minimum atomic E-state index is -0.0714. The van der Waals surface area contributed by atoms with Crippen LogP contribution < -0.4 is 5.32 Å². The molecule has 1 N–H and O–H groups in total. The van der Waals surface area contributed by atoms with E-state index in [1.54, 1.807) is 11.3 Å². The fourth-order valence-electron chi connectivity index (χ4n) is 1.78. The molecule has 0 radical (unpaired) electrons. The number of nitrogens with zero attached hydrogens (tertiary/aromatic N) is 1. The summed E-state index contributed by atoms with van der Waals surface area (Å²) in [6, 6.07) is 11.7. The molecular weight excluding hydrogens is 260 g/mol. The van der Waals surface area contributed by atoms with Gasteiger partial charge in [0.25, 0.3) is 0 Å². The highest BCUT2D eigenvalue weighted by Gasteiger charge is 2.10. The molecule has 0 spiro atoms. The largest absolute Gasteiger partial charge is 0.457 e. The molecule has 0 saturated carbocycles. The van der Waals surface area contributed by atoms with Crippen LogP contribution in [0.2, 0.25) is 0 Å². The monoisotopic (exact) mass is 272 g/mol. The van der Waals surface area contributed by atoms with Gasteiger partial charge in [-0.1, -0.05) is 12.1 Å². The molecule has 3 aromatic rings. The van der Waals surface area contributed by atoms with Crippen LogP contribution in [0.15, 0.2) is 40.8 Å². The van der Waals surface area contributed by atoms with Crippen molar-refractivity contribution < 1.29 is 9.21 Å². The van der Waals surface area contributed by atoms with Gasteiger partial charge in [-0.3, -0.25) is 4.79 Å². The number of aromatic nitrogens is 1. The Morgan fingerprint density at radius 1 is 1.32 bits per heavy atom. The van der Waals surface area contributed by atoms with Crippen molar-refractivity contribution in [2.45, 2.75) is 13.5 Å². The van der Waals surface area contributed by atoms with Crippen LogP contribution in [0.25, 0.3) is 21.0 Å². The van der Waals surface area contributed by atoms with Gasteiger partial charge in [0.15, 0.2) is 10.8 Å². The van der Waals surface area contributed by atoms with Gasteiger partial charge < -0.3 is 9.73 Å². The van der Waals surface area contributed by atoms with Crippen LogP contribution in [0.5, 0.6) is 0 Å². The number of hydrogen-bond donors (Lipinski definition) is 1. The van der Waals surface area contributed by atoms with Crippen LogP contribution in [0.3, 0.4) is 0 Å². The summed E-state index contributed by atoms with van der Waals surface area (Å²) < 4.78 is 6.82. The average molecular weight is 272 g/mol. The number of nitrogens with one attached hydrogen (secondary N) is 1. The van der Waals surface area contributed by atoms with Crippen LogP contribution in [-0.4, -0.2) is 10.9 Å². The SMILES string of the molecule is CC(=O)NCc1ccc(-c2nc3ccccc3s2)o1. The molecule has 4 nitrogen and oxygen atoms in total. The molecule has 0 saturated heterocycles. The van der Waals surface area contributed by atoms with E-state index in [2.05, 4.69) is 10.3 Å². The zero-order valence-electron chi connectivity index (χ0n) is 10.3. The Bertz CT molecular complexity index is 697. The first-order valence-corrected chi connectivity index (χ1v) is 6.73. The number of carbonyl (C=O) groups is 1. The molecule has 1 amide bonds. The first kappa shape index (κ1) is 11.9. The predicted molar refractivity (Wildman–Crippen MR) is 74.8 cm³/mol. The number of amides is 1. The Labute approximate surface area is 114 Å². The standard InChI is InChI=1S/C14H12N2O2S/c1-9(17)15-8-10-6-7-12(18-10)14-16-11-4-2-3-5-13(11)19-14/h2-7H,8H2,1H3,(H,15,17). The Morgan fingerprint density at radius 3 is 2.95 bits per heavy atom. The second-order valence-electron chi connectivity index (χ2n) is 4.16. The van der Waals surface area contributed by atoms with Crippen molar-refractivity contribution in [1.29, 1.82) is 0 Å². The second kappa shape index (κ2) is 4.85. The second-order valence-corrected chi connectivity index (χ2v) is 5.19. The quantitative estimate of drug-likeness (QED) is 0.796. The van der Waals surface area contributed by atoms with Gasteiger partial charge in [-0.15, -0.1) is 11.3 Å². The Kier molecular flexibility index (Phi) is 3.05. The lowest BCUT2D eigenvalue weighted by Gasteiger charge is -1.97. The summed E-state index contributed by atoms with van der Waals surface area (Å²) in [6.45, 7) is 1.89. The van der Waals surface area contributed by atoms with Crippen molar-refractivity contribution >= 4 is 27.5 Å². The molecule has 0 fully saturated rings. The molecule has 2 heterocycles. The fourth-order valence-corrected chi connectivity index (χ4v) is 2.70. The van der Waals surface area contributed by atoms with E-state index < -0.39 is 0 Å². The van der Waals surface area contributed by atoms with Gasteiger partial charge in [-0.05, 0) is 24.3 Å². The van der Waals surface area contributed by atoms with E-state index in [1.165, 1.54) is 6.92 Å². The van der Waals surface area contributed by atoms with Crippen molar-refractivity contribution in [3.05, 3.63) is 42.2 Å². The summed E-state index contributed by atoms with van der Waals surface area (Å²) in [6.07, 6.45) is 0. The maximum absolute atomic E-state index is 10.8. The van der Waals surface area contributed by atoms with E-state index in [-0.39, 0.29) is 5.91 Å². The summed E-state index contributed by atoms with van der Waals surface area (Å²) >= 11 is 1.60. The molecule has 0 aliphatic heterocycles. The lowest BCUT2D eigenvalue weighted by molar-refractivity contribution is -0.119. The first-order chi connectivity index (χ1) is 9.22. The molecule has 1 aromatic carbocycles.